The van der Waals surface area contributed by atoms with Crippen molar-refractivity contribution in [1.82, 2.24) is 5.32 Å². The molecule has 1 amide bonds. The molecule has 7 heteroatoms. The molecule has 0 aliphatic heterocycles. The molecule has 2 aromatic rings. The third-order valence-corrected chi connectivity index (χ3v) is 8.06. The number of hydrogen-bond acceptors (Lipinski definition) is 6. The second kappa shape index (κ2) is 21.4. The number of unbranched alkanes of at least 4 members (excludes halogenated alkanes) is 10. The second-order valence-corrected chi connectivity index (χ2v) is 11.5. The molecule has 2 aromatic carbocycles. The van der Waals surface area contributed by atoms with E-state index in [1.807, 2.05) is 60.7 Å². The summed E-state index contributed by atoms with van der Waals surface area (Å²) in [6.45, 7) is 1.89. The van der Waals surface area contributed by atoms with E-state index >= 15 is 0 Å². The van der Waals surface area contributed by atoms with Crippen LogP contribution in [0.5, 0.6) is 0 Å². The average Bonchev–Trinajstić information content (AvgIpc) is 2.98. The zero-order valence-electron chi connectivity index (χ0n) is 24.1. The molecule has 0 aromatic heterocycles. The number of hydrogen-bond donors (Lipinski definition) is 3. The van der Waals surface area contributed by atoms with Crippen molar-refractivity contribution in [3.8, 4) is 0 Å². The molecule has 0 radical (unpaired) electrons. The number of nitrogens with one attached hydrogen (secondary N) is 1. The van der Waals surface area contributed by atoms with E-state index in [1.165, 1.54) is 63.1 Å². The van der Waals surface area contributed by atoms with E-state index in [9.17, 15) is 14.7 Å². The van der Waals surface area contributed by atoms with Gasteiger partial charge in [-0.15, -0.1) is 0 Å². The molecule has 40 heavy (non-hydrogen) atoms. The van der Waals surface area contributed by atoms with E-state index < -0.39 is 24.2 Å². The maximum Gasteiger partial charge on any atom is 0.330 e. The number of amides is 1. The highest BCUT2D eigenvalue weighted by molar-refractivity contribution is 7.99. The first-order chi connectivity index (χ1) is 19.5. The lowest BCUT2D eigenvalue weighted by Crippen LogP contribution is -2.44. The van der Waals surface area contributed by atoms with Crippen LogP contribution in [-0.2, 0) is 14.3 Å². The average molecular weight is 572 g/mol. The normalized spacial score (nSPS) is 12.7. The fraction of sp³-hybridized carbons (Fsp3) is 0.576. The van der Waals surface area contributed by atoms with Crippen molar-refractivity contribution in [1.29, 1.82) is 0 Å². The van der Waals surface area contributed by atoms with Crippen LogP contribution in [-0.4, -0.2) is 52.3 Å². The molecule has 222 valence electrons. The molecular formula is C33H49NO5S. The lowest BCUT2D eigenvalue weighted by molar-refractivity contribution is -0.151. The number of benzene rings is 2. The third-order valence-electron chi connectivity index (χ3n) is 6.87. The minimum Gasteiger partial charge on any atom is -0.451 e. The van der Waals surface area contributed by atoms with Crippen molar-refractivity contribution in [2.24, 2.45) is 0 Å². The Morgan fingerprint density at radius 3 is 1.77 bits per heavy atom. The molecule has 2 atom stereocenters. The first kappa shape index (κ1) is 33.9. The van der Waals surface area contributed by atoms with Gasteiger partial charge < -0.3 is 20.3 Å². The summed E-state index contributed by atoms with van der Waals surface area (Å²) in [6, 6.07) is 18.2. The molecule has 6 nitrogen and oxygen atoms in total. The Morgan fingerprint density at radius 2 is 1.27 bits per heavy atom. The van der Waals surface area contributed by atoms with Crippen LogP contribution in [0.25, 0.3) is 0 Å². The number of esters is 1. The highest BCUT2D eigenvalue weighted by atomic mass is 32.2. The Hall–Kier alpha value is -2.35. The summed E-state index contributed by atoms with van der Waals surface area (Å²) < 4.78 is 6.00. The molecule has 0 heterocycles. The molecule has 0 bridgehead atoms. The van der Waals surface area contributed by atoms with Gasteiger partial charge >= 0.3 is 5.97 Å². The predicted octanol–water partition coefficient (Wildman–Crippen LogP) is 6.59. The molecule has 0 fully saturated rings. The fourth-order valence-electron chi connectivity index (χ4n) is 4.54. The Morgan fingerprint density at radius 1 is 0.775 bits per heavy atom. The van der Waals surface area contributed by atoms with Crippen LogP contribution in [0.3, 0.4) is 0 Å². The van der Waals surface area contributed by atoms with Crippen LogP contribution in [0.15, 0.2) is 60.7 Å². The van der Waals surface area contributed by atoms with Gasteiger partial charge in [0.1, 0.15) is 6.04 Å². The molecule has 0 unspecified atom stereocenters. The predicted molar refractivity (Wildman–Crippen MR) is 164 cm³/mol. The highest BCUT2D eigenvalue weighted by Gasteiger charge is 2.27. The molecule has 0 aliphatic rings. The molecule has 0 aliphatic carbocycles. The SMILES string of the molecule is CCCCCCCCCCCCCC(=O)N[C@@H](CSC[C@H](O)CO)C(=O)OC(c1ccccc1)c1ccccc1. The van der Waals surface area contributed by atoms with Crippen molar-refractivity contribution in [2.75, 3.05) is 18.1 Å². The van der Waals surface area contributed by atoms with Gasteiger partial charge in [-0.1, -0.05) is 132 Å². The van der Waals surface area contributed by atoms with Crippen LogP contribution in [0, 0.1) is 0 Å². The highest BCUT2D eigenvalue weighted by Crippen LogP contribution is 2.26. The Kier molecular flexibility index (Phi) is 18.1. The van der Waals surface area contributed by atoms with Crippen molar-refractivity contribution >= 4 is 23.6 Å². The number of ether oxygens (including phenoxy) is 1. The van der Waals surface area contributed by atoms with Crippen LogP contribution in [0.2, 0.25) is 0 Å². The number of aliphatic hydroxyl groups excluding tert-OH is 2. The standard InChI is InChI=1S/C33H49NO5S/c1-2-3-4-5-6-7-8-9-10-11-18-23-31(37)34-30(26-40-25-29(36)24-35)33(38)39-32(27-19-14-12-15-20-27)28-21-16-13-17-22-28/h12-17,19-22,29-30,32,35-36H,2-11,18,23-26H2,1H3,(H,34,37)/t29-,30+/m1/s1. The molecule has 0 spiro atoms. The molecule has 0 saturated heterocycles. The Bertz CT molecular complexity index is 887. The summed E-state index contributed by atoms with van der Waals surface area (Å²) in [6.07, 6.45) is 12.2. The topological polar surface area (TPSA) is 95.9 Å². The first-order valence-corrected chi connectivity index (χ1v) is 16.2. The van der Waals surface area contributed by atoms with Crippen molar-refractivity contribution < 1.29 is 24.5 Å². The van der Waals surface area contributed by atoms with Gasteiger partial charge in [0.2, 0.25) is 5.91 Å². The summed E-state index contributed by atoms with van der Waals surface area (Å²) in [7, 11) is 0. The summed E-state index contributed by atoms with van der Waals surface area (Å²) >= 11 is 1.30. The summed E-state index contributed by atoms with van der Waals surface area (Å²) in [5, 5.41) is 21.7. The number of carbonyl (C=O) groups excluding carboxylic acids is 2. The van der Waals surface area contributed by atoms with Crippen LogP contribution < -0.4 is 5.32 Å². The first-order valence-electron chi connectivity index (χ1n) is 15.0. The van der Waals surface area contributed by atoms with Crippen LogP contribution in [0.4, 0.5) is 0 Å². The van der Waals surface area contributed by atoms with E-state index in [1.54, 1.807) is 0 Å². The van der Waals surface area contributed by atoms with Gasteiger partial charge in [-0.05, 0) is 17.5 Å². The van der Waals surface area contributed by atoms with Gasteiger partial charge in [0.25, 0.3) is 0 Å². The number of rotatable bonds is 22. The van der Waals surface area contributed by atoms with E-state index in [-0.39, 0.29) is 24.0 Å². The molecule has 2 rings (SSSR count). The molecule has 3 N–H and O–H groups in total. The number of carbonyl (C=O) groups is 2. The van der Waals surface area contributed by atoms with E-state index in [0.29, 0.717) is 6.42 Å². The quantitative estimate of drug-likeness (QED) is 0.109. The number of thioether (sulfide) groups is 1. The van der Waals surface area contributed by atoms with Crippen LogP contribution in [0.1, 0.15) is 101 Å². The summed E-state index contributed by atoms with van der Waals surface area (Å²) in [5.74, 6) is -0.181. The number of aliphatic hydroxyl groups is 2. The Labute approximate surface area is 245 Å². The van der Waals surface area contributed by atoms with Gasteiger partial charge in [-0.25, -0.2) is 4.79 Å². The van der Waals surface area contributed by atoms with Gasteiger partial charge in [0.15, 0.2) is 6.10 Å². The van der Waals surface area contributed by atoms with Crippen LogP contribution >= 0.6 is 11.8 Å². The van der Waals surface area contributed by atoms with Gasteiger partial charge in [0.05, 0.1) is 12.7 Å². The summed E-state index contributed by atoms with van der Waals surface area (Å²) in [4.78, 5) is 26.2. The van der Waals surface area contributed by atoms with E-state index in [2.05, 4.69) is 12.2 Å². The van der Waals surface area contributed by atoms with Gasteiger partial charge in [-0.3, -0.25) is 4.79 Å². The zero-order chi connectivity index (χ0) is 28.8. The van der Waals surface area contributed by atoms with Gasteiger partial charge in [-0.2, -0.15) is 11.8 Å². The Balaban J connectivity index is 1.87. The minimum absolute atomic E-state index is 0.169. The van der Waals surface area contributed by atoms with Crippen molar-refractivity contribution in [2.45, 2.75) is 102 Å². The largest absolute Gasteiger partial charge is 0.451 e. The van der Waals surface area contributed by atoms with Gasteiger partial charge in [0, 0.05) is 17.9 Å². The second-order valence-electron chi connectivity index (χ2n) is 10.4. The minimum atomic E-state index is -0.880. The van der Waals surface area contributed by atoms with Crippen molar-refractivity contribution in [3.63, 3.8) is 0 Å². The lowest BCUT2D eigenvalue weighted by atomic mass is 10.0. The zero-order valence-corrected chi connectivity index (χ0v) is 25.0. The fourth-order valence-corrected chi connectivity index (χ4v) is 5.51. The maximum absolute atomic E-state index is 13.4. The lowest BCUT2D eigenvalue weighted by Gasteiger charge is -2.23. The monoisotopic (exact) mass is 571 g/mol. The molecule has 0 saturated carbocycles. The van der Waals surface area contributed by atoms with E-state index in [4.69, 9.17) is 9.84 Å². The van der Waals surface area contributed by atoms with Crippen molar-refractivity contribution in [3.05, 3.63) is 71.8 Å². The van der Waals surface area contributed by atoms with E-state index in [0.717, 1.165) is 30.4 Å². The summed E-state index contributed by atoms with van der Waals surface area (Å²) in [5.41, 5.74) is 1.69. The third kappa shape index (κ3) is 14.3. The smallest absolute Gasteiger partial charge is 0.330 e. The molecular weight excluding hydrogens is 522 g/mol. The maximum atomic E-state index is 13.4.